The minimum atomic E-state index is -0.586. The van der Waals surface area contributed by atoms with Crippen LogP contribution >= 0.6 is 0 Å². The van der Waals surface area contributed by atoms with Gasteiger partial charge in [0.2, 0.25) is 0 Å². The van der Waals surface area contributed by atoms with E-state index in [2.05, 4.69) is 9.72 Å². The smallest absolute Gasteiger partial charge is 0.360 e. The number of aliphatic hydroxyl groups excluding tert-OH is 1. The first kappa shape index (κ1) is 10.5. The molecule has 0 saturated carbocycles. The van der Waals surface area contributed by atoms with Crippen LogP contribution in [0.15, 0.2) is 12.1 Å². The number of ether oxygens (including phenoxy) is 2. The summed E-state index contributed by atoms with van der Waals surface area (Å²) >= 11 is 0. The van der Waals surface area contributed by atoms with Crippen molar-refractivity contribution in [3.05, 3.63) is 23.5 Å². The lowest BCUT2D eigenvalue weighted by atomic mass is 10.3. The monoisotopic (exact) mass is 197 g/mol. The zero-order chi connectivity index (χ0) is 10.6. The summed E-state index contributed by atoms with van der Waals surface area (Å²) in [5, 5.41) is 8.82. The minimum absolute atomic E-state index is 0.0709. The van der Waals surface area contributed by atoms with Crippen LogP contribution in [-0.2, 0) is 11.3 Å². The molecule has 1 aromatic heterocycles. The largest absolute Gasteiger partial charge is 0.494 e. The first-order chi connectivity index (χ1) is 6.72. The van der Waals surface area contributed by atoms with E-state index in [1.54, 1.807) is 12.1 Å². The van der Waals surface area contributed by atoms with E-state index in [-0.39, 0.29) is 12.3 Å². The van der Waals surface area contributed by atoms with E-state index in [4.69, 9.17) is 9.84 Å². The second kappa shape index (κ2) is 4.57. The van der Waals surface area contributed by atoms with Gasteiger partial charge in [-0.1, -0.05) is 0 Å². The third-order valence-electron chi connectivity index (χ3n) is 1.68. The van der Waals surface area contributed by atoms with Gasteiger partial charge in [-0.05, 0) is 12.1 Å². The molecular formula is C9H11NO4. The van der Waals surface area contributed by atoms with Crippen molar-refractivity contribution in [2.45, 2.75) is 6.61 Å². The molecule has 0 aliphatic rings. The van der Waals surface area contributed by atoms with Crippen molar-refractivity contribution in [2.75, 3.05) is 14.2 Å². The van der Waals surface area contributed by atoms with Crippen LogP contribution in [0.4, 0.5) is 0 Å². The zero-order valence-electron chi connectivity index (χ0n) is 7.98. The molecule has 0 unspecified atom stereocenters. The van der Waals surface area contributed by atoms with Crippen molar-refractivity contribution in [1.29, 1.82) is 0 Å². The number of rotatable bonds is 3. The summed E-state index contributed by atoms with van der Waals surface area (Å²) in [4.78, 5) is 15.1. The molecule has 0 aliphatic heterocycles. The van der Waals surface area contributed by atoms with Crippen molar-refractivity contribution in [2.24, 2.45) is 0 Å². The molecule has 0 amide bonds. The van der Waals surface area contributed by atoms with Crippen LogP contribution in [-0.4, -0.2) is 30.3 Å². The van der Waals surface area contributed by atoms with Crippen molar-refractivity contribution < 1.29 is 19.4 Å². The number of hydrogen-bond acceptors (Lipinski definition) is 5. The van der Waals surface area contributed by atoms with Crippen LogP contribution < -0.4 is 4.74 Å². The Morgan fingerprint density at radius 1 is 1.50 bits per heavy atom. The van der Waals surface area contributed by atoms with Gasteiger partial charge < -0.3 is 14.6 Å². The van der Waals surface area contributed by atoms with E-state index in [1.165, 1.54) is 14.2 Å². The van der Waals surface area contributed by atoms with Gasteiger partial charge in [0.1, 0.15) is 0 Å². The van der Waals surface area contributed by atoms with Gasteiger partial charge in [-0.2, -0.15) is 0 Å². The van der Waals surface area contributed by atoms with Gasteiger partial charge in [0.15, 0.2) is 11.4 Å². The first-order valence-electron chi connectivity index (χ1n) is 3.96. The molecule has 76 valence electrons. The highest BCUT2D eigenvalue weighted by molar-refractivity contribution is 5.90. The molecule has 0 bridgehead atoms. The van der Waals surface area contributed by atoms with Crippen molar-refractivity contribution >= 4 is 5.97 Å². The Kier molecular flexibility index (Phi) is 3.41. The molecule has 0 spiro atoms. The predicted molar refractivity (Wildman–Crippen MR) is 48.1 cm³/mol. The lowest BCUT2D eigenvalue weighted by Crippen LogP contribution is -2.08. The summed E-state index contributed by atoms with van der Waals surface area (Å²) < 4.78 is 9.44. The third-order valence-corrected chi connectivity index (χ3v) is 1.68. The lowest BCUT2D eigenvalue weighted by molar-refractivity contribution is 0.0589. The molecule has 1 heterocycles. The Hall–Kier alpha value is -1.62. The highest BCUT2D eigenvalue weighted by Crippen LogP contribution is 2.17. The minimum Gasteiger partial charge on any atom is -0.494 e. The van der Waals surface area contributed by atoms with E-state index in [0.717, 1.165) is 0 Å². The average Bonchev–Trinajstić information content (AvgIpc) is 2.27. The highest BCUT2D eigenvalue weighted by atomic mass is 16.5. The van der Waals surface area contributed by atoms with Crippen molar-refractivity contribution in [3.63, 3.8) is 0 Å². The van der Waals surface area contributed by atoms with E-state index < -0.39 is 5.97 Å². The molecule has 5 heteroatoms. The Balaban J connectivity index is 3.14. The Morgan fingerprint density at radius 2 is 2.21 bits per heavy atom. The second-order valence-electron chi connectivity index (χ2n) is 2.50. The number of aromatic nitrogens is 1. The third kappa shape index (κ3) is 2.00. The van der Waals surface area contributed by atoms with Gasteiger partial charge in [-0.25, -0.2) is 9.78 Å². The van der Waals surface area contributed by atoms with E-state index in [0.29, 0.717) is 11.4 Å². The van der Waals surface area contributed by atoms with Gasteiger partial charge in [0.05, 0.1) is 26.5 Å². The number of aliphatic hydroxyl groups is 1. The van der Waals surface area contributed by atoms with Crippen LogP contribution in [0.2, 0.25) is 0 Å². The predicted octanol–water partition coefficient (Wildman–Crippen LogP) is 0.369. The van der Waals surface area contributed by atoms with Crippen LogP contribution in [0, 0.1) is 0 Å². The van der Waals surface area contributed by atoms with E-state index >= 15 is 0 Å². The SMILES string of the molecule is COC(=O)c1nc(CO)ccc1OC. The Bertz CT molecular complexity index is 338. The molecule has 14 heavy (non-hydrogen) atoms. The lowest BCUT2D eigenvalue weighted by Gasteiger charge is -2.06. The number of carbonyl (C=O) groups excluding carboxylic acids is 1. The molecule has 1 rings (SSSR count). The molecule has 1 aromatic rings. The van der Waals surface area contributed by atoms with Gasteiger partial charge in [0, 0.05) is 0 Å². The first-order valence-corrected chi connectivity index (χ1v) is 3.96. The number of nitrogens with zero attached hydrogens (tertiary/aromatic N) is 1. The maximum atomic E-state index is 11.2. The number of pyridine rings is 1. The zero-order valence-corrected chi connectivity index (χ0v) is 7.98. The molecule has 0 aromatic carbocycles. The normalized spacial score (nSPS) is 9.64. The van der Waals surface area contributed by atoms with Crippen molar-refractivity contribution in [3.8, 4) is 5.75 Å². The van der Waals surface area contributed by atoms with Crippen LogP contribution in [0.5, 0.6) is 5.75 Å². The number of carbonyl (C=O) groups is 1. The fourth-order valence-corrected chi connectivity index (χ4v) is 0.982. The molecular weight excluding hydrogens is 186 g/mol. The average molecular weight is 197 g/mol. The summed E-state index contributed by atoms with van der Waals surface area (Å²) in [5.74, 6) is -0.258. The Morgan fingerprint density at radius 3 is 2.71 bits per heavy atom. The summed E-state index contributed by atoms with van der Waals surface area (Å²) in [6, 6.07) is 3.14. The fraction of sp³-hybridized carbons (Fsp3) is 0.333. The Labute approximate surface area is 81.3 Å². The molecule has 0 saturated heterocycles. The van der Waals surface area contributed by atoms with Gasteiger partial charge in [0.25, 0.3) is 0 Å². The van der Waals surface area contributed by atoms with Gasteiger partial charge in [-0.15, -0.1) is 0 Å². The standard InChI is InChI=1S/C9H11NO4/c1-13-7-4-3-6(5-11)10-8(7)9(12)14-2/h3-4,11H,5H2,1-2H3. The topological polar surface area (TPSA) is 68.7 Å². The highest BCUT2D eigenvalue weighted by Gasteiger charge is 2.14. The molecule has 5 nitrogen and oxygen atoms in total. The van der Waals surface area contributed by atoms with Crippen LogP contribution in [0.3, 0.4) is 0 Å². The molecule has 0 radical (unpaired) electrons. The molecule has 1 N–H and O–H groups in total. The van der Waals surface area contributed by atoms with E-state index in [1.807, 2.05) is 0 Å². The summed E-state index contributed by atoms with van der Waals surface area (Å²) in [7, 11) is 2.69. The summed E-state index contributed by atoms with van der Waals surface area (Å²) in [6.45, 7) is -0.228. The maximum Gasteiger partial charge on any atom is 0.360 e. The second-order valence-corrected chi connectivity index (χ2v) is 2.50. The van der Waals surface area contributed by atoms with Crippen LogP contribution in [0.25, 0.3) is 0 Å². The molecule has 0 aliphatic carbocycles. The summed E-state index contributed by atoms with van der Waals surface area (Å²) in [6.07, 6.45) is 0. The number of esters is 1. The quantitative estimate of drug-likeness (QED) is 0.709. The molecule has 0 fully saturated rings. The maximum absolute atomic E-state index is 11.2. The fourth-order valence-electron chi connectivity index (χ4n) is 0.982. The van der Waals surface area contributed by atoms with Crippen LogP contribution in [0.1, 0.15) is 16.2 Å². The number of methoxy groups -OCH3 is 2. The number of hydrogen-bond donors (Lipinski definition) is 1. The van der Waals surface area contributed by atoms with Crippen molar-refractivity contribution in [1.82, 2.24) is 4.98 Å². The van der Waals surface area contributed by atoms with Gasteiger partial charge in [-0.3, -0.25) is 0 Å². The van der Waals surface area contributed by atoms with Gasteiger partial charge >= 0.3 is 5.97 Å². The molecule has 0 atom stereocenters. The van der Waals surface area contributed by atoms with E-state index in [9.17, 15) is 4.79 Å². The summed E-state index contributed by atoms with van der Waals surface area (Å²) in [5.41, 5.74) is 0.466.